The summed E-state index contributed by atoms with van der Waals surface area (Å²) in [5.41, 5.74) is 0.565. The molecular formula is C13H16N4O. The van der Waals surface area contributed by atoms with E-state index in [2.05, 4.69) is 11.1 Å². The Balaban J connectivity index is 2.14. The Morgan fingerprint density at radius 3 is 3.06 bits per heavy atom. The third-order valence-corrected chi connectivity index (χ3v) is 3.18. The first-order chi connectivity index (χ1) is 8.63. The maximum absolute atomic E-state index is 11.9. The van der Waals surface area contributed by atoms with E-state index in [-0.39, 0.29) is 11.8 Å². The fourth-order valence-electron chi connectivity index (χ4n) is 2.26. The number of hydrogen-bond donors (Lipinski definition) is 0. The minimum atomic E-state index is 0.00792. The Labute approximate surface area is 107 Å². The largest absolute Gasteiger partial charge is 0.355 e. The first-order valence-corrected chi connectivity index (χ1v) is 5.94. The lowest BCUT2D eigenvalue weighted by Gasteiger charge is -2.19. The second kappa shape index (κ2) is 5.05. The second-order valence-electron chi connectivity index (χ2n) is 4.65. The average Bonchev–Trinajstić information content (AvgIpc) is 2.87. The van der Waals surface area contributed by atoms with E-state index in [1.165, 1.54) is 0 Å². The van der Waals surface area contributed by atoms with Crippen molar-refractivity contribution in [2.45, 2.75) is 6.42 Å². The van der Waals surface area contributed by atoms with Gasteiger partial charge in [0.2, 0.25) is 5.91 Å². The standard InChI is InChI=1S/C13H16N4O/c1-16(2)13(18)11-5-7-17(9-11)12-10(8-14)4-3-6-15-12/h3-4,6,11H,5,7,9H2,1-2H3. The number of carbonyl (C=O) groups excluding carboxylic acids is 1. The van der Waals surface area contributed by atoms with E-state index in [9.17, 15) is 4.79 Å². The van der Waals surface area contributed by atoms with Gasteiger partial charge in [0.15, 0.2) is 0 Å². The van der Waals surface area contributed by atoms with Crippen LogP contribution in [0.15, 0.2) is 18.3 Å². The molecule has 0 N–H and O–H groups in total. The van der Waals surface area contributed by atoms with E-state index in [1.807, 2.05) is 4.90 Å². The fourth-order valence-corrected chi connectivity index (χ4v) is 2.26. The highest BCUT2D eigenvalue weighted by Crippen LogP contribution is 2.25. The van der Waals surface area contributed by atoms with Crippen LogP contribution in [0.3, 0.4) is 0 Å². The summed E-state index contributed by atoms with van der Waals surface area (Å²) in [4.78, 5) is 19.8. The number of nitrogens with zero attached hydrogens (tertiary/aromatic N) is 4. The Morgan fingerprint density at radius 2 is 2.39 bits per heavy atom. The lowest BCUT2D eigenvalue weighted by Crippen LogP contribution is -2.32. The molecule has 1 amide bonds. The van der Waals surface area contributed by atoms with Crippen LogP contribution in [0.4, 0.5) is 5.82 Å². The summed E-state index contributed by atoms with van der Waals surface area (Å²) in [7, 11) is 3.54. The Hall–Kier alpha value is -2.09. The SMILES string of the molecule is CN(C)C(=O)C1CCN(c2ncccc2C#N)C1. The van der Waals surface area contributed by atoms with Gasteiger partial charge in [0.05, 0.1) is 11.5 Å². The first-order valence-electron chi connectivity index (χ1n) is 5.94. The van der Waals surface area contributed by atoms with Crippen LogP contribution in [-0.2, 0) is 4.79 Å². The topological polar surface area (TPSA) is 60.2 Å². The zero-order valence-corrected chi connectivity index (χ0v) is 10.6. The number of carbonyl (C=O) groups is 1. The zero-order chi connectivity index (χ0) is 13.1. The number of aromatic nitrogens is 1. The second-order valence-corrected chi connectivity index (χ2v) is 4.65. The van der Waals surface area contributed by atoms with E-state index < -0.39 is 0 Å². The fraction of sp³-hybridized carbons (Fsp3) is 0.462. The highest BCUT2D eigenvalue weighted by Gasteiger charge is 2.30. The molecule has 1 unspecified atom stereocenters. The smallest absolute Gasteiger partial charge is 0.227 e. The third-order valence-electron chi connectivity index (χ3n) is 3.18. The Kier molecular flexibility index (Phi) is 3.47. The van der Waals surface area contributed by atoms with Crippen LogP contribution < -0.4 is 4.90 Å². The summed E-state index contributed by atoms with van der Waals surface area (Å²) in [6, 6.07) is 5.64. The molecule has 1 saturated heterocycles. The van der Waals surface area contributed by atoms with Gasteiger partial charge in [-0.2, -0.15) is 5.26 Å². The zero-order valence-electron chi connectivity index (χ0n) is 10.6. The maximum Gasteiger partial charge on any atom is 0.227 e. The summed E-state index contributed by atoms with van der Waals surface area (Å²) >= 11 is 0. The lowest BCUT2D eigenvalue weighted by molar-refractivity contribution is -0.132. The molecule has 1 aromatic heterocycles. The molecule has 0 spiro atoms. The van der Waals surface area contributed by atoms with Gasteiger partial charge >= 0.3 is 0 Å². The third kappa shape index (κ3) is 2.28. The van der Waals surface area contributed by atoms with E-state index in [0.29, 0.717) is 17.9 Å². The van der Waals surface area contributed by atoms with Gasteiger partial charge in [-0.1, -0.05) is 0 Å². The van der Waals surface area contributed by atoms with Gasteiger partial charge in [0.1, 0.15) is 11.9 Å². The highest BCUT2D eigenvalue weighted by atomic mass is 16.2. The molecule has 0 radical (unpaired) electrons. The van der Waals surface area contributed by atoms with Gasteiger partial charge < -0.3 is 9.80 Å². The van der Waals surface area contributed by atoms with E-state index in [0.717, 1.165) is 13.0 Å². The van der Waals surface area contributed by atoms with E-state index in [4.69, 9.17) is 5.26 Å². The molecule has 5 nitrogen and oxygen atoms in total. The molecule has 0 aromatic carbocycles. The number of pyridine rings is 1. The Bertz CT molecular complexity index is 492. The highest BCUT2D eigenvalue weighted by molar-refractivity contribution is 5.79. The van der Waals surface area contributed by atoms with Crippen molar-refractivity contribution in [2.75, 3.05) is 32.1 Å². The van der Waals surface area contributed by atoms with Crippen LogP contribution in [0, 0.1) is 17.2 Å². The normalized spacial score (nSPS) is 18.5. The molecule has 1 aliphatic heterocycles. The monoisotopic (exact) mass is 244 g/mol. The van der Waals surface area contributed by atoms with Crippen molar-refractivity contribution >= 4 is 11.7 Å². The summed E-state index contributed by atoms with van der Waals surface area (Å²) in [6.45, 7) is 1.42. The van der Waals surface area contributed by atoms with Crippen LogP contribution in [0.2, 0.25) is 0 Å². The molecule has 2 rings (SSSR count). The number of amides is 1. The predicted molar refractivity (Wildman–Crippen MR) is 68.0 cm³/mol. The molecule has 1 atom stereocenters. The minimum Gasteiger partial charge on any atom is -0.355 e. The van der Waals surface area contributed by atoms with Crippen molar-refractivity contribution in [1.82, 2.24) is 9.88 Å². The number of rotatable bonds is 2. The Morgan fingerprint density at radius 1 is 1.61 bits per heavy atom. The van der Waals surface area contributed by atoms with Crippen molar-refractivity contribution in [3.05, 3.63) is 23.9 Å². The quantitative estimate of drug-likeness (QED) is 0.774. The molecule has 0 aliphatic carbocycles. The summed E-state index contributed by atoms with van der Waals surface area (Å²) in [5.74, 6) is 0.842. The first kappa shape index (κ1) is 12.4. The molecule has 0 bridgehead atoms. The van der Waals surface area contributed by atoms with Gasteiger partial charge in [-0.25, -0.2) is 4.98 Å². The van der Waals surface area contributed by atoms with Gasteiger partial charge in [-0.05, 0) is 18.6 Å². The molecule has 18 heavy (non-hydrogen) atoms. The number of anilines is 1. The number of nitriles is 1. The van der Waals surface area contributed by atoms with E-state index >= 15 is 0 Å². The lowest BCUT2D eigenvalue weighted by atomic mass is 10.1. The summed E-state index contributed by atoms with van der Waals surface area (Å²) in [5, 5.41) is 9.05. The molecule has 94 valence electrons. The van der Waals surface area contributed by atoms with Crippen LogP contribution in [0.5, 0.6) is 0 Å². The van der Waals surface area contributed by atoms with Gasteiger partial charge in [-0.3, -0.25) is 4.79 Å². The molecule has 5 heteroatoms. The van der Waals surface area contributed by atoms with Crippen molar-refractivity contribution < 1.29 is 4.79 Å². The van der Waals surface area contributed by atoms with Crippen molar-refractivity contribution in [3.8, 4) is 6.07 Å². The van der Waals surface area contributed by atoms with Gasteiger partial charge in [0.25, 0.3) is 0 Å². The van der Waals surface area contributed by atoms with E-state index in [1.54, 1.807) is 37.3 Å². The van der Waals surface area contributed by atoms with Crippen molar-refractivity contribution in [1.29, 1.82) is 5.26 Å². The van der Waals surface area contributed by atoms with Crippen LogP contribution in [0.25, 0.3) is 0 Å². The minimum absolute atomic E-state index is 0.00792. The molecular weight excluding hydrogens is 228 g/mol. The molecule has 1 aromatic rings. The van der Waals surface area contributed by atoms with Crippen LogP contribution in [0.1, 0.15) is 12.0 Å². The molecule has 1 fully saturated rings. The van der Waals surface area contributed by atoms with Crippen LogP contribution in [-0.4, -0.2) is 43.0 Å². The average molecular weight is 244 g/mol. The predicted octanol–water partition coefficient (Wildman–Crippen LogP) is 0.868. The molecule has 2 heterocycles. The molecule has 1 aliphatic rings. The van der Waals surface area contributed by atoms with Crippen molar-refractivity contribution in [3.63, 3.8) is 0 Å². The summed E-state index contributed by atoms with van der Waals surface area (Å²) < 4.78 is 0. The van der Waals surface area contributed by atoms with Crippen molar-refractivity contribution in [2.24, 2.45) is 5.92 Å². The number of hydrogen-bond acceptors (Lipinski definition) is 4. The maximum atomic E-state index is 11.9. The van der Waals surface area contributed by atoms with Gasteiger partial charge in [0, 0.05) is 33.4 Å². The molecule has 0 saturated carbocycles. The van der Waals surface area contributed by atoms with Crippen LogP contribution >= 0.6 is 0 Å². The summed E-state index contributed by atoms with van der Waals surface area (Å²) in [6.07, 6.45) is 2.50. The van der Waals surface area contributed by atoms with Gasteiger partial charge in [-0.15, -0.1) is 0 Å².